The van der Waals surface area contributed by atoms with Gasteiger partial charge in [0.05, 0.1) is 5.56 Å². The van der Waals surface area contributed by atoms with Gasteiger partial charge in [0.2, 0.25) is 5.88 Å². The topological polar surface area (TPSA) is 93.9 Å². The maximum atomic E-state index is 10.4. The van der Waals surface area contributed by atoms with E-state index in [1.807, 2.05) is 44.2 Å². The number of hydrogen-bond acceptors (Lipinski definition) is 7. The fourth-order valence-electron chi connectivity index (χ4n) is 2.77. The van der Waals surface area contributed by atoms with Gasteiger partial charge in [0.15, 0.2) is 5.82 Å². The molecule has 0 saturated carbocycles. The van der Waals surface area contributed by atoms with E-state index < -0.39 is 0 Å². The number of phenolic OH excluding ortho intramolecular Hbond substituents is 1. The predicted molar refractivity (Wildman–Crippen MR) is 103 cm³/mol. The average molecular weight is 565 g/mol. The van der Waals surface area contributed by atoms with Crippen LogP contribution in [0.3, 0.4) is 0 Å². The summed E-state index contributed by atoms with van der Waals surface area (Å²) in [4.78, 5) is 8.59. The summed E-state index contributed by atoms with van der Waals surface area (Å²) in [6, 6.07) is 17.6. The van der Waals surface area contributed by atoms with E-state index in [0.29, 0.717) is 34.4 Å². The molecule has 0 aliphatic heterocycles. The van der Waals surface area contributed by atoms with Crippen LogP contribution in [-0.2, 0) is 21.1 Å². The summed E-state index contributed by atoms with van der Waals surface area (Å²) in [5.74, 6) is 1.69. The quantitative estimate of drug-likeness (QED) is 0.375. The van der Waals surface area contributed by atoms with E-state index in [1.54, 1.807) is 24.4 Å². The first-order valence-corrected chi connectivity index (χ1v) is 8.60. The zero-order valence-corrected chi connectivity index (χ0v) is 17.9. The van der Waals surface area contributed by atoms with Crippen molar-refractivity contribution in [3.63, 3.8) is 0 Å². The number of pyridine rings is 1. The standard InChI is InChI=1S/C21H16N5O2.Pt/c1-13-10-14(2)19(27)17(11-13)21-23-20(24-26-25-21)15-6-5-7-16(12-15)28-18-8-3-4-9-22-18;/h3-11,27H,1-2H3;/q-1;. The van der Waals surface area contributed by atoms with Crippen LogP contribution < -0.4 is 4.74 Å². The van der Waals surface area contributed by atoms with Crippen LogP contribution >= 0.6 is 0 Å². The minimum Gasteiger partial charge on any atom is -0.507 e. The van der Waals surface area contributed by atoms with Crippen LogP contribution in [0.15, 0.2) is 54.7 Å². The molecule has 148 valence electrons. The molecular formula is C21H16N5O2Pt-. The Kier molecular flexibility index (Phi) is 6.29. The van der Waals surface area contributed by atoms with Crippen LogP contribution in [0.4, 0.5) is 0 Å². The number of phenols is 1. The summed E-state index contributed by atoms with van der Waals surface area (Å²) in [5.41, 5.74) is 2.84. The van der Waals surface area contributed by atoms with E-state index in [4.69, 9.17) is 4.74 Å². The van der Waals surface area contributed by atoms with Gasteiger partial charge in [-0.15, -0.1) is 28.9 Å². The van der Waals surface area contributed by atoms with Gasteiger partial charge in [0.1, 0.15) is 11.6 Å². The second kappa shape index (κ2) is 8.88. The zero-order chi connectivity index (χ0) is 19.5. The van der Waals surface area contributed by atoms with E-state index in [-0.39, 0.29) is 26.8 Å². The van der Waals surface area contributed by atoms with E-state index in [9.17, 15) is 5.11 Å². The fourth-order valence-corrected chi connectivity index (χ4v) is 2.77. The molecule has 0 amide bonds. The molecule has 0 spiro atoms. The molecule has 1 N–H and O–H groups in total. The Bertz CT molecular complexity index is 1140. The maximum Gasteiger partial charge on any atom is 0.217 e. The van der Waals surface area contributed by atoms with E-state index >= 15 is 0 Å². The third kappa shape index (κ3) is 4.63. The molecule has 0 saturated heterocycles. The molecule has 4 aromatic rings. The molecule has 2 aromatic carbocycles. The van der Waals surface area contributed by atoms with Crippen molar-refractivity contribution in [1.82, 2.24) is 25.4 Å². The molecule has 0 aliphatic rings. The van der Waals surface area contributed by atoms with Gasteiger partial charge in [-0.2, -0.15) is 5.10 Å². The summed E-state index contributed by atoms with van der Waals surface area (Å²) in [7, 11) is 0. The molecule has 7 nitrogen and oxygen atoms in total. The third-order valence-electron chi connectivity index (χ3n) is 4.04. The van der Waals surface area contributed by atoms with Crippen LogP contribution in [0.1, 0.15) is 11.1 Å². The van der Waals surface area contributed by atoms with Crippen molar-refractivity contribution in [2.24, 2.45) is 0 Å². The average Bonchev–Trinajstić information content (AvgIpc) is 2.72. The monoisotopic (exact) mass is 565 g/mol. The second-order valence-corrected chi connectivity index (χ2v) is 6.23. The van der Waals surface area contributed by atoms with Crippen molar-refractivity contribution in [3.05, 3.63) is 71.9 Å². The predicted octanol–water partition coefficient (Wildman–Crippen LogP) is 3.91. The summed E-state index contributed by atoms with van der Waals surface area (Å²) < 4.78 is 5.71. The summed E-state index contributed by atoms with van der Waals surface area (Å²) >= 11 is 0. The van der Waals surface area contributed by atoms with Crippen molar-refractivity contribution >= 4 is 0 Å². The molecule has 4 rings (SSSR count). The molecular weight excluding hydrogens is 549 g/mol. The molecule has 0 unspecified atom stereocenters. The first kappa shape index (κ1) is 20.5. The second-order valence-electron chi connectivity index (χ2n) is 6.23. The largest absolute Gasteiger partial charge is 0.507 e. The molecule has 0 atom stereocenters. The van der Waals surface area contributed by atoms with E-state index in [1.165, 1.54) is 0 Å². The number of aryl methyl sites for hydroxylation is 2. The Morgan fingerprint density at radius 3 is 2.59 bits per heavy atom. The molecule has 29 heavy (non-hydrogen) atoms. The number of hydrogen-bond donors (Lipinski definition) is 1. The SMILES string of the molecule is Cc1cc(C)c(O)c(-c2nnnc(-c3[c-]c(Oc4ccccn4)ccc3)n2)c1.[Pt]. The van der Waals surface area contributed by atoms with Gasteiger partial charge in [-0.1, -0.05) is 23.4 Å². The normalized spacial score (nSPS) is 10.3. The zero-order valence-electron chi connectivity index (χ0n) is 15.6. The van der Waals surface area contributed by atoms with Gasteiger partial charge in [0.25, 0.3) is 0 Å². The molecule has 2 aromatic heterocycles. The molecule has 0 aliphatic carbocycles. The number of aromatic hydroxyl groups is 1. The van der Waals surface area contributed by atoms with Gasteiger partial charge in [-0.25, -0.2) is 4.98 Å². The Morgan fingerprint density at radius 2 is 1.79 bits per heavy atom. The molecule has 0 fully saturated rings. The number of nitrogens with zero attached hydrogens (tertiary/aromatic N) is 5. The van der Waals surface area contributed by atoms with Crippen LogP contribution in [0.25, 0.3) is 22.8 Å². The number of aromatic nitrogens is 5. The minimum absolute atomic E-state index is 0. The summed E-state index contributed by atoms with van der Waals surface area (Å²) in [5, 5.41) is 22.2. The van der Waals surface area contributed by atoms with Gasteiger partial charge in [-0.05, 0) is 37.1 Å². The molecule has 8 heteroatoms. The Balaban J connectivity index is 0.00000240. The minimum atomic E-state index is 0. The number of benzene rings is 2. The van der Waals surface area contributed by atoms with Gasteiger partial charge in [0, 0.05) is 39.1 Å². The molecule has 0 radical (unpaired) electrons. The Morgan fingerprint density at radius 1 is 0.966 bits per heavy atom. The van der Waals surface area contributed by atoms with Crippen LogP contribution in [0.2, 0.25) is 0 Å². The van der Waals surface area contributed by atoms with Crippen molar-refractivity contribution in [2.75, 3.05) is 0 Å². The Hall–Kier alpha value is -3.18. The van der Waals surface area contributed by atoms with Gasteiger partial charge >= 0.3 is 0 Å². The van der Waals surface area contributed by atoms with Crippen LogP contribution in [0, 0.1) is 19.9 Å². The van der Waals surface area contributed by atoms with E-state index in [0.717, 1.165) is 11.1 Å². The van der Waals surface area contributed by atoms with Crippen LogP contribution in [0.5, 0.6) is 17.4 Å². The van der Waals surface area contributed by atoms with Gasteiger partial charge < -0.3 is 9.84 Å². The number of ether oxygens (including phenoxy) is 1. The Labute approximate surface area is 182 Å². The summed E-state index contributed by atoms with van der Waals surface area (Å²) in [6.45, 7) is 3.77. The maximum absolute atomic E-state index is 10.4. The first-order valence-electron chi connectivity index (χ1n) is 8.60. The smallest absolute Gasteiger partial charge is 0.217 e. The van der Waals surface area contributed by atoms with Crippen molar-refractivity contribution < 1.29 is 30.9 Å². The fraction of sp³-hybridized carbons (Fsp3) is 0.0952. The van der Waals surface area contributed by atoms with E-state index in [2.05, 4.69) is 31.4 Å². The van der Waals surface area contributed by atoms with Crippen molar-refractivity contribution in [2.45, 2.75) is 13.8 Å². The van der Waals surface area contributed by atoms with Crippen molar-refractivity contribution in [1.29, 1.82) is 0 Å². The van der Waals surface area contributed by atoms with Gasteiger partial charge in [-0.3, -0.25) is 4.98 Å². The molecule has 0 bridgehead atoms. The molecule has 2 heterocycles. The van der Waals surface area contributed by atoms with Crippen molar-refractivity contribution in [3.8, 4) is 40.2 Å². The summed E-state index contributed by atoms with van der Waals surface area (Å²) in [6.07, 6.45) is 1.65. The first-order chi connectivity index (χ1) is 13.6. The third-order valence-corrected chi connectivity index (χ3v) is 4.04. The van der Waals surface area contributed by atoms with Crippen LogP contribution in [-0.4, -0.2) is 30.5 Å². The number of rotatable bonds is 4.